The summed E-state index contributed by atoms with van der Waals surface area (Å²) in [6.07, 6.45) is 2.06. The van der Waals surface area contributed by atoms with Crippen LogP contribution in [0.15, 0.2) is 28.7 Å². The number of hydrogen-bond acceptors (Lipinski definition) is 2. The largest absolute Gasteiger partial charge is 0.327 e. The van der Waals surface area contributed by atoms with Gasteiger partial charge in [-0.1, -0.05) is 34.1 Å². The van der Waals surface area contributed by atoms with Crippen molar-refractivity contribution in [3.05, 3.63) is 34.3 Å². The highest BCUT2D eigenvalue weighted by molar-refractivity contribution is 9.10. The van der Waals surface area contributed by atoms with Gasteiger partial charge in [0.15, 0.2) is 0 Å². The minimum Gasteiger partial charge on any atom is -0.312 e. The maximum Gasteiger partial charge on any atom is 0.327 e. The third kappa shape index (κ3) is 2.03. The first-order valence-corrected chi connectivity index (χ1v) is 6.80. The molecule has 4 nitrogen and oxygen atoms in total. The number of carbonyl (C=O) groups is 2. The third-order valence-corrected chi connectivity index (χ3v) is 4.13. The predicted molar refractivity (Wildman–Crippen MR) is 69.8 cm³/mol. The van der Waals surface area contributed by atoms with Crippen LogP contribution in [-0.2, 0) is 11.3 Å². The Hall–Kier alpha value is -1.36. The van der Waals surface area contributed by atoms with Gasteiger partial charge in [0, 0.05) is 10.5 Å². The van der Waals surface area contributed by atoms with Gasteiger partial charge in [0.25, 0.3) is 5.91 Å². The first kappa shape index (κ1) is 11.7. The van der Waals surface area contributed by atoms with Gasteiger partial charge in [-0.15, -0.1) is 0 Å². The second-order valence-electron chi connectivity index (χ2n) is 4.71. The van der Waals surface area contributed by atoms with Crippen molar-refractivity contribution in [2.75, 3.05) is 6.54 Å². The minimum atomic E-state index is -0.141. The van der Waals surface area contributed by atoms with Crippen LogP contribution in [-0.4, -0.2) is 34.3 Å². The highest BCUT2D eigenvalue weighted by atomic mass is 79.9. The van der Waals surface area contributed by atoms with E-state index in [1.54, 1.807) is 4.90 Å². The number of rotatable bonds is 3. The smallest absolute Gasteiger partial charge is 0.312 e. The van der Waals surface area contributed by atoms with Crippen molar-refractivity contribution < 1.29 is 9.59 Å². The Labute approximate surface area is 114 Å². The van der Waals surface area contributed by atoms with Crippen LogP contribution in [0.1, 0.15) is 18.4 Å². The quantitative estimate of drug-likeness (QED) is 0.804. The van der Waals surface area contributed by atoms with E-state index in [0.29, 0.717) is 12.6 Å². The van der Waals surface area contributed by atoms with Gasteiger partial charge >= 0.3 is 6.03 Å². The number of halogens is 1. The number of nitrogens with zero attached hydrogens (tertiary/aromatic N) is 2. The lowest BCUT2D eigenvalue weighted by atomic mass is 10.2. The summed E-state index contributed by atoms with van der Waals surface area (Å²) in [7, 11) is 0. The number of imide groups is 1. The van der Waals surface area contributed by atoms with E-state index < -0.39 is 0 Å². The standard InChI is InChI=1S/C13H13BrN2O2/c14-11-4-2-1-3-9(11)7-16-12(17)8-15(13(16)18)10-5-6-10/h1-4,10H,5-8H2. The van der Waals surface area contributed by atoms with Crippen LogP contribution in [0.2, 0.25) is 0 Å². The zero-order chi connectivity index (χ0) is 12.7. The molecule has 1 saturated carbocycles. The molecule has 1 heterocycles. The molecule has 1 aromatic rings. The number of carbonyl (C=O) groups excluding carboxylic acids is 2. The molecule has 0 spiro atoms. The van der Waals surface area contributed by atoms with Crippen LogP contribution in [0, 0.1) is 0 Å². The topological polar surface area (TPSA) is 40.6 Å². The summed E-state index contributed by atoms with van der Waals surface area (Å²) >= 11 is 3.44. The monoisotopic (exact) mass is 308 g/mol. The molecule has 94 valence electrons. The predicted octanol–water partition coefficient (Wildman–Crippen LogP) is 2.38. The lowest BCUT2D eigenvalue weighted by Crippen LogP contribution is -2.33. The summed E-state index contributed by atoms with van der Waals surface area (Å²) in [6.45, 7) is 0.594. The zero-order valence-electron chi connectivity index (χ0n) is 9.80. The van der Waals surface area contributed by atoms with E-state index in [0.717, 1.165) is 22.9 Å². The molecule has 18 heavy (non-hydrogen) atoms. The molecule has 0 N–H and O–H groups in total. The number of urea groups is 1. The Bertz CT molecular complexity index is 513. The van der Waals surface area contributed by atoms with Gasteiger partial charge in [-0.3, -0.25) is 9.69 Å². The summed E-state index contributed by atoms with van der Waals surface area (Å²) in [5.41, 5.74) is 0.955. The van der Waals surface area contributed by atoms with Gasteiger partial charge in [-0.25, -0.2) is 4.79 Å². The van der Waals surface area contributed by atoms with E-state index in [2.05, 4.69) is 15.9 Å². The number of benzene rings is 1. The Balaban J connectivity index is 1.78. The molecule has 2 fully saturated rings. The molecule has 0 aromatic heterocycles. The second kappa shape index (κ2) is 4.39. The highest BCUT2D eigenvalue weighted by Gasteiger charge is 2.43. The van der Waals surface area contributed by atoms with Crippen LogP contribution < -0.4 is 0 Å². The van der Waals surface area contributed by atoms with Crippen molar-refractivity contribution in [2.24, 2.45) is 0 Å². The highest BCUT2D eigenvalue weighted by Crippen LogP contribution is 2.31. The Kier molecular flexibility index (Phi) is 2.86. The molecule has 0 atom stereocenters. The normalized spacial score (nSPS) is 19.8. The van der Waals surface area contributed by atoms with Crippen LogP contribution in [0.3, 0.4) is 0 Å². The Morgan fingerprint density at radius 1 is 1.22 bits per heavy atom. The summed E-state index contributed by atoms with van der Waals surface area (Å²) in [6, 6.07) is 7.81. The number of amides is 3. The molecular formula is C13H13BrN2O2. The lowest BCUT2D eigenvalue weighted by Gasteiger charge is -2.17. The van der Waals surface area contributed by atoms with Gasteiger partial charge < -0.3 is 4.90 Å². The fraction of sp³-hybridized carbons (Fsp3) is 0.385. The SMILES string of the molecule is O=C1CN(C2CC2)C(=O)N1Cc1ccccc1Br. The van der Waals surface area contributed by atoms with E-state index in [9.17, 15) is 9.59 Å². The van der Waals surface area contributed by atoms with Gasteiger partial charge in [0.2, 0.25) is 0 Å². The maximum absolute atomic E-state index is 12.1. The molecule has 3 rings (SSSR count). The molecule has 5 heteroatoms. The molecule has 1 saturated heterocycles. The van der Waals surface area contributed by atoms with Crippen LogP contribution in [0.5, 0.6) is 0 Å². The Morgan fingerprint density at radius 3 is 2.61 bits per heavy atom. The van der Waals surface area contributed by atoms with E-state index in [1.807, 2.05) is 24.3 Å². The molecule has 2 aliphatic rings. The molecule has 0 bridgehead atoms. The van der Waals surface area contributed by atoms with Crippen molar-refractivity contribution in [2.45, 2.75) is 25.4 Å². The van der Waals surface area contributed by atoms with Crippen LogP contribution >= 0.6 is 15.9 Å². The van der Waals surface area contributed by atoms with E-state index in [1.165, 1.54) is 4.90 Å². The van der Waals surface area contributed by atoms with Crippen molar-refractivity contribution >= 4 is 27.9 Å². The van der Waals surface area contributed by atoms with Gasteiger partial charge in [0.1, 0.15) is 6.54 Å². The fourth-order valence-electron chi connectivity index (χ4n) is 2.18. The molecular weight excluding hydrogens is 296 g/mol. The molecule has 1 aliphatic heterocycles. The van der Waals surface area contributed by atoms with Crippen LogP contribution in [0.25, 0.3) is 0 Å². The summed E-state index contributed by atoms with van der Waals surface area (Å²) in [4.78, 5) is 27.1. The molecule has 0 unspecified atom stereocenters. The summed E-state index contributed by atoms with van der Waals surface area (Å²) in [5.74, 6) is -0.0948. The van der Waals surface area contributed by atoms with Crippen LogP contribution in [0.4, 0.5) is 4.79 Å². The second-order valence-corrected chi connectivity index (χ2v) is 5.57. The maximum atomic E-state index is 12.1. The fourth-order valence-corrected chi connectivity index (χ4v) is 2.59. The van der Waals surface area contributed by atoms with Gasteiger partial charge in [0.05, 0.1) is 6.54 Å². The Morgan fingerprint density at radius 2 is 1.94 bits per heavy atom. The van der Waals surface area contributed by atoms with Crippen molar-refractivity contribution in [1.29, 1.82) is 0 Å². The lowest BCUT2D eigenvalue weighted by molar-refractivity contribution is -0.125. The van der Waals surface area contributed by atoms with Crippen molar-refractivity contribution in [3.63, 3.8) is 0 Å². The number of hydrogen-bond donors (Lipinski definition) is 0. The van der Waals surface area contributed by atoms with Gasteiger partial charge in [-0.2, -0.15) is 0 Å². The summed E-state index contributed by atoms with van der Waals surface area (Å²) < 4.78 is 0.926. The average Bonchev–Trinajstić information content (AvgIpc) is 3.14. The van der Waals surface area contributed by atoms with E-state index >= 15 is 0 Å². The van der Waals surface area contributed by atoms with Gasteiger partial charge in [-0.05, 0) is 24.5 Å². The third-order valence-electron chi connectivity index (χ3n) is 3.36. The summed E-state index contributed by atoms with van der Waals surface area (Å²) in [5, 5.41) is 0. The van der Waals surface area contributed by atoms with Crippen molar-refractivity contribution in [1.82, 2.24) is 9.80 Å². The molecule has 1 aliphatic carbocycles. The van der Waals surface area contributed by atoms with E-state index in [-0.39, 0.29) is 18.5 Å². The zero-order valence-corrected chi connectivity index (χ0v) is 11.4. The molecule has 0 radical (unpaired) electrons. The average molecular weight is 309 g/mol. The molecule has 3 amide bonds. The van der Waals surface area contributed by atoms with Crippen molar-refractivity contribution in [3.8, 4) is 0 Å². The first-order chi connectivity index (χ1) is 8.66. The van der Waals surface area contributed by atoms with E-state index in [4.69, 9.17) is 0 Å². The molecule has 1 aromatic carbocycles. The first-order valence-electron chi connectivity index (χ1n) is 6.01. The minimum absolute atomic E-state index is 0.0948.